The van der Waals surface area contributed by atoms with Crippen LogP contribution in [0, 0.1) is 11.6 Å². The molecular weight excluding hydrogens is 354 g/mol. The standard InChI is InChI=1S/C15H20F2N4O3S/c1-4-5-21(25(3,23)24)8-10-6-13(17)11(7-12(10)16)9(2)14-18-15(22)20-19-14/h6-7,9H,4-5,8H2,1-3H3,(H2,18,19,20,22). The quantitative estimate of drug-likeness (QED) is 0.770. The van der Waals surface area contributed by atoms with Gasteiger partial charge in [-0.2, -0.15) is 9.40 Å². The minimum atomic E-state index is -3.53. The fourth-order valence-electron chi connectivity index (χ4n) is 2.49. The number of halogens is 2. The molecule has 0 fully saturated rings. The van der Waals surface area contributed by atoms with Crippen molar-refractivity contribution >= 4 is 10.0 Å². The molecule has 0 radical (unpaired) electrons. The lowest BCUT2D eigenvalue weighted by atomic mass is 9.98. The zero-order valence-electron chi connectivity index (χ0n) is 14.1. The average molecular weight is 374 g/mol. The van der Waals surface area contributed by atoms with Crippen molar-refractivity contribution in [2.24, 2.45) is 0 Å². The number of nitrogens with one attached hydrogen (secondary N) is 2. The second-order valence-corrected chi connectivity index (χ2v) is 7.83. The molecule has 0 amide bonds. The lowest BCUT2D eigenvalue weighted by Crippen LogP contribution is -2.30. The number of aromatic nitrogens is 3. The zero-order valence-corrected chi connectivity index (χ0v) is 15.0. The van der Waals surface area contributed by atoms with Gasteiger partial charge in [-0.15, -0.1) is 0 Å². The number of aromatic amines is 2. The van der Waals surface area contributed by atoms with E-state index in [1.165, 1.54) is 0 Å². The summed E-state index contributed by atoms with van der Waals surface area (Å²) < 4.78 is 53.4. The highest BCUT2D eigenvalue weighted by atomic mass is 32.2. The predicted octanol–water partition coefficient (Wildman–Crippen LogP) is 1.70. The van der Waals surface area contributed by atoms with Crippen LogP contribution in [-0.4, -0.2) is 40.7 Å². The first-order chi connectivity index (χ1) is 11.6. The normalized spacial score (nSPS) is 13.4. The van der Waals surface area contributed by atoms with E-state index in [9.17, 15) is 22.0 Å². The molecule has 25 heavy (non-hydrogen) atoms. The van der Waals surface area contributed by atoms with E-state index in [1.54, 1.807) is 13.8 Å². The van der Waals surface area contributed by atoms with E-state index < -0.39 is 33.3 Å². The van der Waals surface area contributed by atoms with Crippen LogP contribution in [0.5, 0.6) is 0 Å². The van der Waals surface area contributed by atoms with Crippen LogP contribution in [0.1, 0.15) is 43.1 Å². The van der Waals surface area contributed by atoms with Crippen LogP contribution in [-0.2, 0) is 16.6 Å². The third-order valence-electron chi connectivity index (χ3n) is 3.85. The Hall–Kier alpha value is -2.07. The van der Waals surface area contributed by atoms with Gasteiger partial charge in [-0.25, -0.2) is 27.1 Å². The molecule has 2 aromatic rings. The molecule has 2 rings (SSSR count). The minimum Gasteiger partial charge on any atom is -0.292 e. The van der Waals surface area contributed by atoms with Crippen molar-refractivity contribution in [1.29, 1.82) is 0 Å². The van der Waals surface area contributed by atoms with Gasteiger partial charge >= 0.3 is 5.69 Å². The summed E-state index contributed by atoms with van der Waals surface area (Å²) in [7, 11) is -3.53. The molecule has 0 saturated heterocycles. The number of H-pyrrole nitrogens is 2. The molecule has 1 atom stereocenters. The summed E-state index contributed by atoms with van der Waals surface area (Å²) >= 11 is 0. The third-order valence-corrected chi connectivity index (χ3v) is 5.10. The molecule has 0 aliphatic heterocycles. The van der Waals surface area contributed by atoms with Crippen LogP contribution >= 0.6 is 0 Å². The van der Waals surface area contributed by atoms with Crippen molar-refractivity contribution in [3.05, 3.63) is 51.2 Å². The highest BCUT2D eigenvalue weighted by Gasteiger charge is 2.22. The Kier molecular flexibility index (Phi) is 5.73. The molecule has 1 heterocycles. The summed E-state index contributed by atoms with van der Waals surface area (Å²) in [5.74, 6) is -1.91. The molecule has 2 N–H and O–H groups in total. The van der Waals surface area contributed by atoms with E-state index >= 15 is 0 Å². The maximum Gasteiger partial charge on any atom is 0.340 e. The first kappa shape index (κ1) is 19.3. The molecule has 0 aliphatic rings. The third kappa shape index (κ3) is 4.51. The average Bonchev–Trinajstić information content (AvgIpc) is 2.95. The van der Waals surface area contributed by atoms with Gasteiger partial charge in [0.1, 0.15) is 17.5 Å². The van der Waals surface area contributed by atoms with E-state index in [0.29, 0.717) is 6.42 Å². The highest BCUT2D eigenvalue weighted by molar-refractivity contribution is 7.88. The Labute approximate surface area is 144 Å². The largest absolute Gasteiger partial charge is 0.340 e. The molecular formula is C15H20F2N4O3S. The van der Waals surface area contributed by atoms with Crippen LogP contribution < -0.4 is 5.69 Å². The molecule has 1 aromatic carbocycles. The summed E-state index contributed by atoms with van der Waals surface area (Å²) in [6.07, 6.45) is 1.58. The van der Waals surface area contributed by atoms with Crippen LogP contribution in [0.25, 0.3) is 0 Å². The maximum absolute atomic E-state index is 14.4. The van der Waals surface area contributed by atoms with Gasteiger partial charge in [0.25, 0.3) is 0 Å². The Morgan fingerprint density at radius 2 is 1.96 bits per heavy atom. The van der Waals surface area contributed by atoms with Crippen molar-refractivity contribution in [2.45, 2.75) is 32.7 Å². The summed E-state index contributed by atoms with van der Waals surface area (Å²) in [6, 6.07) is 1.99. The van der Waals surface area contributed by atoms with Crippen LogP contribution in [0.2, 0.25) is 0 Å². The molecule has 0 aliphatic carbocycles. The fraction of sp³-hybridized carbons (Fsp3) is 0.467. The number of nitrogens with zero attached hydrogens (tertiary/aromatic N) is 2. The molecule has 1 unspecified atom stereocenters. The second-order valence-electron chi connectivity index (χ2n) is 5.85. The smallest absolute Gasteiger partial charge is 0.292 e. The number of sulfonamides is 1. The lowest BCUT2D eigenvalue weighted by Gasteiger charge is -2.20. The van der Waals surface area contributed by atoms with Crippen LogP contribution in [0.15, 0.2) is 16.9 Å². The lowest BCUT2D eigenvalue weighted by molar-refractivity contribution is 0.400. The van der Waals surface area contributed by atoms with Gasteiger partial charge in [-0.3, -0.25) is 4.98 Å². The van der Waals surface area contributed by atoms with Gasteiger partial charge in [0, 0.05) is 30.1 Å². The molecule has 7 nitrogen and oxygen atoms in total. The summed E-state index contributed by atoms with van der Waals surface area (Å²) in [5.41, 5.74) is -0.573. The topological polar surface area (TPSA) is 98.9 Å². The van der Waals surface area contributed by atoms with Crippen molar-refractivity contribution in [2.75, 3.05) is 12.8 Å². The van der Waals surface area contributed by atoms with Crippen LogP contribution in [0.3, 0.4) is 0 Å². The molecule has 0 saturated carbocycles. The molecule has 10 heteroatoms. The molecule has 0 spiro atoms. The number of hydrogen-bond donors (Lipinski definition) is 2. The van der Waals surface area contributed by atoms with E-state index in [-0.39, 0.29) is 30.0 Å². The van der Waals surface area contributed by atoms with Crippen molar-refractivity contribution in [3.63, 3.8) is 0 Å². The second kappa shape index (κ2) is 7.44. The van der Waals surface area contributed by atoms with Crippen molar-refractivity contribution in [3.8, 4) is 0 Å². The Bertz CT molecular complexity index is 908. The molecule has 0 bridgehead atoms. The van der Waals surface area contributed by atoms with Crippen molar-refractivity contribution < 1.29 is 17.2 Å². The minimum absolute atomic E-state index is 0.0189. The number of rotatable bonds is 7. The van der Waals surface area contributed by atoms with Gasteiger partial charge in [0.15, 0.2) is 0 Å². The highest BCUT2D eigenvalue weighted by Crippen LogP contribution is 2.26. The van der Waals surface area contributed by atoms with E-state index in [1.807, 2.05) is 0 Å². The predicted molar refractivity (Wildman–Crippen MR) is 88.6 cm³/mol. The monoisotopic (exact) mass is 374 g/mol. The zero-order chi connectivity index (χ0) is 18.8. The van der Waals surface area contributed by atoms with Gasteiger partial charge in [-0.1, -0.05) is 13.8 Å². The van der Waals surface area contributed by atoms with Gasteiger partial charge in [-0.05, 0) is 18.6 Å². The number of benzene rings is 1. The Balaban J connectivity index is 2.35. The summed E-state index contributed by atoms with van der Waals surface area (Å²) in [4.78, 5) is 13.5. The first-order valence-corrected chi connectivity index (χ1v) is 9.55. The van der Waals surface area contributed by atoms with Crippen molar-refractivity contribution in [1.82, 2.24) is 19.5 Å². The van der Waals surface area contributed by atoms with E-state index in [2.05, 4.69) is 15.2 Å². The fourth-order valence-corrected chi connectivity index (χ4v) is 3.38. The summed E-state index contributed by atoms with van der Waals surface area (Å²) in [5, 5.41) is 5.89. The summed E-state index contributed by atoms with van der Waals surface area (Å²) in [6.45, 7) is 3.34. The first-order valence-electron chi connectivity index (χ1n) is 7.71. The van der Waals surface area contributed by atoms with E-state index in [4.69, 9.17) is 0 Å². The Morgan fingerprint density at radius 3 is 2.48 bits per heavy atom. The molecule has 1 aromatic heterocycles. The number of hydrogen-bond acceptors (Lipinski definition) is 4. The van der Waals surface area contributed by atoms with Gasteiger partial charge < -0.3 is 0 Å². The SMILES string of the molecule is CCCN(Cc1cc(F)c(C(C)c2n[nH]c(=O)[nH]2)cc1F)S(C)(=O)=O. The van der Waals surface area contributed by atoms with E-state index in [0.717, 1.165) is 22.7 Å². The molecule has 138 valence electrons. The van der Waals surface area contributed by atoms with Gasteiger partial charge in [0.05, 0.1) is 6.26 Å². The maximum atomic E-state index is 14.4. The van der Waals surface area contributed by atoms with Gasteiger partial charge in [0.2, 0.25) is 10.0 Å². The Morgan fingerprint density at radius 1 is 1.28 bits per heavy atom. The van der Waals surface area contributed by atoms with Crippen LogP contribution in [0.4, 0.5) is 8.78 Å².